The predicted octanol–water partition coefficient (Wildman–Crippen LogP) is 3.10. The highest BCUT2D eigenvalue weighted by atomic mass is 16.5. The fraction of sp³-hybridized carbons (Fsp3) is 1.00. The van der Waals surface area contributed by atoms with Crippen LogP contribution in [0.15, 0.2) is 0 Å². The standard InChI is InChI=1S/C13H27NO/c1-4-11(3)12(14)13(15-5-2)9-7-6-8-10-13/h11-12H,4-10,14H2,1-3H3. The SMILES string of the molecule is CCOC1(C(N)C(C)CC)CCCCC1. The average molecular weight is 213 g/mol. The third-order valence-electron chi connectivity index (χ3n) is 4.00. The van der Waals surface area contributed by atoms with Gasteiger partial charge in [-0.2, -0.15) is 0 Å². The highest BCUT2D eigenvalue weighted by Crippen LogP contribution is 2.36. The van der Waals surface area contributed by atoms with Crippen LogP contribution in [0.5, 0.6) is 0 Å². The molecule has 0 bridgehead atoms. The van der Waals surface area contributed by atoms with E-state index < -0.39 is 0 Å². The summed E-state index contributed by atoms with van der Waals surface area (Å²) in [7, 11) is 0. The lowest BCUT2D eigenvalue weighted by atomic mass is 9.74. The summed E-state index contributed by atoms with van der Waals surface area (Å²) in [6.45, 7) is 7.34. The van der Waals surface area contributed by atoms with Crippen molar-refractivity contribution < 1.29 is 4.74 Å². The summed E-state index contributed by atoms with van der Waals surface area (Å²) in [6, 6.07) is 0.211. The lowest BCUT2D eigenvalue weighted by molar-refractivity contribution is -0.0922. The molecular formula is C13H27NO. The largest absolute Gasteiger partial charge is 0.374 e. The zero-order chi connectivity index (χ0) is 11.3. The van der Waals surface area contributed by atoms with Crippen molar-refractivity contribution in [3.63, 3.8) is 0 Å². The van der Waals surface area contributed by atoms with Crippen molar-refractivity contribution >= 4 is 0 Å². The Morgan fingerprint density at radius 1 is 1.20 bits per heavy atom. The first kappa shape index (κ1) is 13.0. The van der Waals surface area contributed by atoms with Crippen LogP contribution in [0.25, 0.3) is 0 Å². The molecule has 0 aromatic rings. The first-order valence-corrected chi connectivity index (χ1v) is 6.56. The number of rotatable bonds is 5. The van der Waals surface area contributed by atoms with Crippen molar-refractivity contribution in [2.45, 2.75) is 70.9 Å². The van der Waals surface area contributed by atoms with Crippen LogP contribution >= 0.6 is 0 Å². The Kier molecular flexibility index (Phi) is 5.07. The van der Waals surface area contributed by atoms with Gasteiger partial charge >= 0.3 is 0 Å². The summed E-state index contributed by atoms with van der Waals surface area (Å²) < 4.78 is 6.03. The summed E-state index contributed by atoms with van der Waals surface area (Å²) in [4.78, 5) is 0. The minimum absolute atomic E-state index is 0.0115. The Morgan fingerprint density at radius 3 is 2.27 bits per heavy atom. The number of nitrogens with two attached hydrogens (primary N) is 1. The smallest absolute Gasteiger partial charge is 0.0835 e. The monoisotopic (exact) mass is 213 g/mol. The highest BCUT2D eigenvalue weighted by molar-refractivity contribution is 4.95. The topological polar surface area (TPSA) is 35.2 Å². The molecule has 90 valence electrons. The number of ether oxygens (including phenoxy) is 1. The van der Waals surface area contributed by atoms with Gasteiger partial charge in [0.1, 0.15) is 0 Å². The van der Waals surface area contributed by atoms with Gasteiger partial charge < -0.3 is 10.5 Å². The van der Waals surface area contributed by atoms with Gasteiger partial charge in [-0.25, -0.2) is 0 Å². The molecule has 0 aromatic heterocycles. The lowest BCUT2D eigenvalue weighted by Gasteiger charge is -2.44. The minimum Gasteiger partial charge on any atom is -0.374 e. The molecule has 15 heavy (non-hydrogen) atoms. The molecule has 1 aliphatic rings. The molecule has 1 rings (SSSR count). The van der Waals surface area contributed by atoms with E-state index in [4.69, 9.17) is 10.5 Å². The third kappa shape index (κ3) is 2.94. The maximum atomic E-state index is 6.40. The Labute approximate surface area is 94.6 Å². The van der Waals surface area contributed by atoms with Crippen LogP contribution < -0.4 is 5.73 Å². The van der Waals surface area contributed by atoms with Crippen molar-refractivity contribution in [1.82, 2.24) is 0 Å². The van der Waals surface area contributed by atoms with Crippen LogP contribution in [-0.4, -0.2) is 18.2 Å². The molecule has 2 heteroatoms. The quantitative estimate of drug-likeness (QED) is 0.761. The van der Waals surface area contributed by atoms with Gasteiger partial charge in [-0.3, -0.25) is 0 Å². The molecule has 2 nitrogen and oxygen atoms in total. The summed E-state index contributed by atoms with van der Waals surface area (Å²) >= 11 is 0. The van der Waals surface area contributed by atoms with E-state index in [2.05, 4.69) is 20.8 Å². The van der Waals surface area contributed by atoms with Gasteiger partial charge in [0.15, 0.2) is 0 Å². The summed E-state index contributed by atoms with van der Waals surface area (Å²) in [5.41, 5.74) is 6.39. The van der Waals surface area contributed by atoms with Crippen LogP contribution in [0.4, 0.5) is 0 Å². The van der Waals surface area contributed by atoms with Crippen molar-refractivity contribution in [1.29, 1.82) is 0 Å². The molecule has 0 amide bonds. The maximum absolute atomic E-state index is 6.40. The molecular weight excluding hydrogens is 186 g/mol. The fourth-order valence-electron chi connectivity index (χ4n) is 2.78. The maximum Gasteiger partial charge on any atom is 0.0835 e. The third-order valence-corrected chi connectivity index (χ3v) is 4.00. The first-order valence-electron chi connectivity index (χ1n) is 6.56. The van der Waals surface area contributed by atoms with Crippen molar-refractivity contribution in [3.8, 4) is 0 Å². The van der Waals surface area contributed by atoms with E-state index in [1.165, 1.54) is 19.3 Å². The van der Waals surface area contributed by atoms with E-state index >= 15 is 0 Å². The van der Waals surface area contributed by atoms with Crippen LogP contribution in [0.2, 0.25) is 0 Å². The molecule has 2 N–H and O–H groups in total. The van der Waals surface area contributed by atoms with Gasteiger partial charge in [-0.1, -0.05) is 39.5 Å². The van der Waals surface area contributed by atoms with E-state index in [-0.39, 0.29) is 11.6 Å². The Hall–Kier alpha value is -0.0800. The summed E-state index contributed by atoms with van der Waals surface area (Å²) in [6.07, 6.45) is 7.38. The Balaban J connectivity index is 2.69. The molecule has 1 saturated carbocycles. The first-order chi connectivity index (χ1) is 7.16. The zero-order valence-corrected chi connectivity index (χ0v) is 10.6. The van der Waals surface area contributed by atoms with E-state index in [1.807, 2.05) is 0 Å². The van der Waals surface area contributed by atoms with Gasteiger partial charge in [0.05, 0.1) is 5.60 Å². The Morgan fingerprint density at radius 2 is 1.80 bits per heavy atom. The van der Waals surface area contributed by atoms with Crippen LogP contribution in [-0.2, 0) is 4.74 Å². The van der Waals surface area contributed by atoms with Crippen molar-refractivity contribution in [2.75, 3.05) is 6.61 Å². The molecule has 0 heterocycles. The van der Waals surface area contributed by atoms with E-state index in [0.29, 0.717) is 5.92 Å². The van der Waals surface area contributed by atoms with Gasteiger partial charge in [-0.05, 0) is 25.7 Å². The molecule has 2 unspecified atom stereocenters. The van der Waals surface area contributed by atoms with Crippen LogP contribution in [0.1, 0.15) is 59.3 Å². The highest BCUT2D eigenvalue weighted by Gasteiger charge is 2.40. The second-order valence-corrected chi connectivity index (χ2v) is 4.97. The van der Waals surface area contributed by atoms with E-state index in [0.717, 1.165) is 25.9 Å². The molecule has 0 aliphatic heterocycles. The molecule has 0 aromatic carbocycles. The van der Waals surface area contributed by atoms with Crippen molar-refractivity contribution in [2.24, 2.45) is 11.7 Å². The van der Waals surface area contributed by atoms with Crippen LogP contribution in [0.3, 0.4) is 0 Å². The zero-order valence-electron chi connectivity index (χ0n) is 10.6. The second-order valence-electron chi connectivity index (χ2n) is 4.97. The number of hydrogen-bond donors (Lipinski definition) is 1. The molecule has 1 fully saturated rings. The van der Waals surface area contributed by atoms with E-state index in [9.17, 15) is 0 Å². The summed E-state index contributed by atoms with van der Waals surface area (Å²) in [5.74, 6) is 0.564. The second kappa shape index (κ2) is 5.86. The molecule has 0 radical (unpaired) electrons. The van der Waals surface area contributed by atoms with Crippen molar-refractivity contribution in [3.05, 3.63) is 0 Å². The van der Waals surface area contributed by atoms with Gasteiger partial charge in [-0.15, -0.1) is 0 Å². The summed E-state index contributed by atoms with van der Waals surface area (Å²) in [5, 5.41) is 0. The van der Waals surface area contributed by atoms with Gasteiger partial charge in [0.2, 0.25) is 0 Å². The van der Waals surface area contributed by atoms with Crippen LogP contribution in [0, 0.1) is 5.92 Å². The lowest BCUT2D eigenvalue weighted by Crippen LogP contribution is -2.54. The minimum atomic E-state index is -0.0115. The predicted molar refractivity (Wildman–Crippen MR) is 64.9 cm³/mol. The van der Waals surface area contributed by atoms with Gasteiger partial charge in [0, 0.05) is 12.6 Å². The molecule has 0 spiro atoms. The van der Waals surface area contributed by atoms with E-state index in [1.54, 1.807) is 0 Å². The average Bonchev–Trinajstić information content (AvgIpc) is 2.28. The van der Waals surface area contributed by atoms with Gasteiger partial charge in [0.25, 0.3) is 0 Å². The fourth-order valence-corrected chi connectivity index (χ4v) is 2.78. The molecule has 2 atom stereocenters. The molecule has 1 aliphatic carbocycles. The number of hydrogen-bond acceptors (Lipinski definition) is 2. The molecule has 0 saturated heterocycles. The Bertz CT molecular complexity index is 170. The normalized spacial score (nSPS) is 24.8.